The molecule has 0 radical (unpaired) electrons. The van der Waals surface area contributed by atoms with Crippen LogP contribution in [-0.2, 0) is 12.6 Å². The van der Waals surface area contributed by atoms with E-state index in [1.165, 1.54) is 12.1 Å². The number of amides is 1. The van der Waals surface area contributed by atoms with Crippen LogP contribution in [0.2, 0.25) is 0 Å². The summed E-state index contributed by atoms with van der Waals surface area (Å²) in [5.41, 5.74) is 4.45. The maximum Gasteiger partial charge on any atom is 0.416 e. The van der Waals surface area contributed by atoms with Gasteiger partial charge in [0.25, 0.3) is 5.91 Å². The zero-order valence-electron chi connectivity index (χ0n) is 21.9. The van der Waals surface area contributed by atoms with Crippen molar-refractivity contribution in [2.45, 2.75) is 26.4 Å². The fourth-order valence-corrected chi connectivity index (χ4v) is 4.93. The molecule has 5 nitrogen and oxygen atoms in total. The third-order valence-electron chi connectivity index (χ3n) is 7.12. The van der Waals surface area contributed by atoms with E-state index in [1.807, 2.05) is 73.3 Å². The lowest BCUT2D eigenvalue weighted by Crippen LogP contribution is -2.49. The number of benzene rings is 3. The van der Waals surface area contributed by atoms with Gasteiger partial charge in [-0.05, 0) is 48.7 Å². The lowest BCUT2D eigenvalue weighted by Gasteiger charge is -2.36. The van der Waals surface area contributed by atoms with Crippen LogP contribution in [0.25, 0.3) is 22.5 Å². The maximum absolute atomic E-state index is 13.2. The molecule has 4 aromatic rings. The number of aromatic nitrogens is 2. The molecule has 0 unspecified atom stereocenters. The van der Waals surface area contributed by atoms with Crippen molar-refractivity contribution >= 4 is 11.7 Å². The first-order valence-corrected chi connectivity index (χ1v) is 13.0. The van der Waals surface area contributed by atoms with Crippen LogP contribution in [0, 0.1) is 6.92 Å². The Morgan fingerprint density at radius 3 is 1.97 bits per heavy atom. The smallest absolute Gasteiger partial charge is 0.353 e. The Bertz CT molecular complexity index is 1440. The Labute approximate surface area is 225 Å². The molecule has 0 atom stereocenters. The molecule has 39 heavy (non-hydrogen) atoms. The molecule has 0 aliphatic carbocycles. The third-order valence-corrected chi connectivity index (χ3v) is 7.12. The normalized spacial score (nSPS) is 14.0. The van der Waals surface area contributed by atoms with Gasteiger partial charge in [0.2, 0.25) is 0 Å². The van der Waals surface area contributed by atoms with E-state index < -0.39 is 11.7 Å². The Hall–Kier alpha value is -4.20. The van der Waals surface area contributed by atoms with Gasteiger partial charge in [-0.1, -0.05) is 61.5 Å². The van der Waals surface area contributed by atoms with Crippen molar-refractivity contribution in [3.05, 3.63) is 101 Å². The molecule has 1 amide bonds. The second-order valence-electron chi connectivity index (χ2n) is 9.59. The summed E-state index contributed by atoms with van der Waals surface area (Å²) < 4.78 is 39.0. The monoisotopic (exact) mass is 530 g/mol. The quantitative estimate of drug-likeness (QED) is 0.290. The predicted octanol–water partition coefficient (Wildman–Crippen LogP) is 6.66. The van der Waals surface area contributed by atoms with Gasteiger partial charge in [-0.2, -0.15) is 13.2 Å². The number of carbonyl (C=O) groups is 1. The van der Waals surface area contributed by atoms with Crippen LogP contribution in [0.5, 0.6) is 0 Å². The number of nitrogens with zero attached hydrogens (tertiary/aromatic N) is 4. The number of hydrogen-bond acceptors (Lipinski definition) is 4. The fourth-order valence-electron chi connectivity index (χ4n) is 4.93. The SMILES string of the molecule is CCc1c(C)nc(-c2ccc(C(F)(F)F)cc2)nc1N1CCN(C(=O)c2ccc(-c3ccccc3)cc2)CC1. The van der Waals surface area contributed by atoms with E-state index in [-0.39, 0.29) is 5.91 Å². The van der Waals surface area contributed by atoms with Crippen LogP contribution in [0.1, 0.15) is 34.1 Å². The van der Waals surface area contributed by atoms with Crippen LogP contribution >= 0.6 is 0 Å². The number of carbonyl (C=O) groups excluding carboxylic acids is 1. The summed E-state index contributed by atoms with van der Waals surface area (Å²) in [5, 5.41) is 0. The third kappa shape index (κ3) is 5.65. The molecular formula is C31H29F3N4O. The molecule has 0 N–H and O–H groups in total. The highest BCUT2D eigenvalue weighted by atomic mass is 19.4. The van der Waals surface area contributed by atoms with E-state index in [0.717, 1.165) is 46.8 Å². The van der Waals surface area contributed by atoms with Crippen molar-refractivity contribution in [3.63, 3.8) is 0 Å². The van der Waals surface area contributed by atoms with E-state index in [2.05, 4.69) is 9.88 Å². The first-order chi connectivity index (χ1) is 18.7. The molecule has 200 valence electrons. The number of alkyl halides is 3. The van der Waals surface area contributed by atoms with E-state index >= 15 is 0 Å². The molecule has 1 aliphatic heterocycles. The highest BCUT2D eigenvalue weighted by Gasteiger charge is 2.30. The first kappa shape index (κ1) is 26.4. The first-order valence-electron chi connectivity index (χ1n) is 13.0. The van der Waals surface area contributed by atoms with Crippen molar-refractivity contribution in [2.75, 3.05) is 31.1 Å². The van der Waals surface area contributed by atoms with Gasteiger partial charge in [0.15, 0.2) is 5.82 Å². The minimum absolute atomic E-state index is 0.00529. The van der Waals surface area contributed by atoms with Crippen molar-refractivity contribution in [3.8, 4) is 22.5 Å². The minimum Gasteiger partial charge on any atom is -0.353 e. The fraction of sp³-hybridized carbons (Fsp3) is 0.258. The number of hydrogen-bond donors (Lipinski definition) is 0. The highest BCUT2D eigenvalue weighted by molar-refractivity contribution is 5.95. The van der Waals surface area contributed by atoms with Crippen molar-refractivity contribution in [1.29, 1.82) is 0 Å². The number of halogens is 3. The number of anilines is 1. The average Bonchev–Trinajstić information content (AvgIpc) is 2.96. The Morgan fingerprint density at radius 2 is 1.38 bits per heavy atom. The van der Waals surface area contributed by atoms with Gasteiger partial charge in [-0.15, -0.1) is 0 Å². The molecule has 0 bridgehead atoms. The van der Waals surface area contributed by atoms with Gasteiger partial charge >= 0.3 is 6.18 Å². The van der Waals surface area contributed by atoms with Crippen LogP contribution < -0.4 is 4.90 Å². The lowest BCUT2D eigenvalue weighted by molar-refractivity contribution is -0.137. The highest BCUT2D eigenvalue weighted by Crippen LogP contribution is 2.32. The Balaban J connectivity index is 1.31. The molecule has 3 aromatic carbocycles. The summed E-state index contributed by atoms with van der Waals surface area (Å²) >= 11 is 0. The number of aryl methyl sites for hydroxylation is 1. The second-order valence-corrected chi connectivity index (χ2v) is 9.59. The molecular weight excluding hydrogens is 501 g/mol. The van der Waals surface area contributed by atoms with Crippen LogP contribution in [-0.4, -0.2) is 47.0 Å². The van der Waals surface area contributed by atoms with Gasteiger partial charge in [-0.3, -0.25) is 4.79 Å². The van der Waals surface area contributed by atoms with Crippen LogP contribution in [0.15, 0.2) is 78.9 Å². The van der Waals surface area contributed by atoms with E-state index in [1.54, 1.807) is 0 Å². The lowest BCUT2D eigenvalue weighted by atomic mass is 10.0. The number of rotatable bonds is 5. The molecule has 5 rings (SSSR count). The topological polar surface area (TPSA) is 49.3 Å². The molecule has 1 fully saturated rings. The Morgan fingerprint density at radius 1 is 0.795 bits per heavy atom. The van der Waals surface area contributed by atoms with Crippen molar-refractivity contribution in [1.82, 2.24) is 14.9 Å². The van der Waals surface area contributed by atoms with Gasteiger partial charge in [-0.25, -0.2) is 9.97 Å². The van der Waals surface area contributed by atoms with Crippen molar-refractivity contribution in [2.24, 2.45) is 0 Å². The maximum atomic E-state index is 13.2. The predicted molar refractivity (Wildman–Crippen MR) is 147 cm³/mol. The van der Waals surface area contributed by atoms with Gasteiger partial charge in [0.05, 0.1) is 5.56 Å². The molecule has 0 saturated carbocycles. The van der Waals surface area contributed by atoms with Crippen molar-refractivity contribution < 1.29 is 18.0 Å². The van der Waals surface area contributed by atoms with Gasteiger partial charge in [0, 0.05) is 48.6 Å². The zero-order valence-corrected chi connectivity index (χ0v) is 21.9. The second kappa shape index (κ2) is 10.9. The van der Waals surface area contributed by atoms with E-state index in [0.29, 0.717) is 43.1 Å². The summed E-state index contributed by atoms with van der Waals surface area (Å²) in [6, 6.07) is 22.6. The van der Waals surface area contributed by atoms with Gasteiger partial charge < -0.3 is 9.80 Å². The summed E-state index contributed by atoms with van der Waals surface area (Å²) in [6.45, 7) is 6.22. The van der Waals surface area contributed by atoms with E-state index in [4.69, 9.17) is 4.98 Å². The number of piperazine rings is 1. The van der Waals surface area contributed by atoms with Gasteiger partial charge in [0.1, 0.15) is 5.82 Å². The summed E-state index contributed by atoms with van der Waals surface area (Å²) in [6.07, 6.45) is -3.67. The molecule has 1 aromatic heterocycles. The Kier molecular flexibility index (Phi) is 7.37. The summed E-state index contributed by atoms with van der Waals surface area (Å²) in [4.78, 5) is 26.6. The molecule has 1 saturated heterocycles. The minimum atomic E-state index is -4.40. The molecule has 0 spiro atoms. The largest absolute Gasteiger partial charge is 0.416 e. The summed E-state index contributed by atoms with van der Waals surface area (Å²) in [5.74, 6) is 1.17. The van der Waals surface area contributed by atoms with E-state index in [9.17, 15) is 18.0 Å². The standard InChI is InChI=1S/C31H29F3N4O/c1-3-27-21(2)35-28(24-13-15-26(16-14-24)31(32,33)34)36-29(27)37-17-19-38(20-18-37)30(39)25-11-9-23(10-12-25)22-7-5-4-6-8-22/h4-16H,3,17-20H2,1-2H3. The molecule has 8 heteroatoms. The summed E-state index contributed by atoms with van der Waals surface area (Å²) in [7, 11) is 0. The van der Waals surface area contributed by atoms with Crippen LogP contribution in [0.3, 0.4) is 0 Å². The molecule has 1 aliphatic rings. The average molecular weight is 531 g/mol. The molecule has 2 heterocycles. The van der Waals surface area contributed by atoms with Crippen LogP contribution in [0.4, 0.5) is 19.0 Å². The zero-order chi connectivity index (χ0) is 27.6.